The average molecular weight is 498 g/mol. The van der Waals surface area contributed by atoms with Gasteiger partial charge in [-0.05, 0) is 50.3 Å². The van der Waals surface area contributed by atoms with Crippen LogP contribution < -0.4 is 10.1 Å². The number of H-pyrrole nitrogens is 1. The Labute approximate surface area is 184 Å². The van der Waals surface area contributed by atoms with Crippen molar-refractivity contribution < 1.29 is 4.74 Å². The normalized spacial score (nSPS) is 15.2. The molecule has 3 rings (SSSR count). The van der Waals surface area contributed by atoms with Crippen LogP contribution in [-0.4, -0.2) is 59.3 Å². The molecule has 2 heterocycles. The number of methoxy groups -OCH3 is 1. The zero-order valence-corrected chi connectivity index (χ0v) is 19.3. The fourth-order valence-electron chi connectivity index (χ4n) is 3.51. The molecule has 0 bridgehead atoms. The highest BCUT2D eigenvalue weighted by atomic mass is 127. The number of likely N-dealkylation sites (tertiary alicyclic amines) is 1. The lowest BCUT2D eigenvalue weighted by atomic mass is 9.96. The summed E-state index contributed by atoms with van der Waals surface area (Å²) in [5.74, 6) is 3.42. The van der Waals surface area contributed by atoms with Crippen molar-refractivity contribution in [3.05, 3.63) is 41.5 Å². The van der Waals surface area contributed by atoms with Crippen molar-refractivity contribution in [2.45, 2.75) is 39.0 Å². The van der Waals surface area contributed by atoms with Gasteiger partial charge in [0, 0.05) is 32.1 Å². The van der Waals surface area contributed by atoms with E-state index in [0.717, 1.165) is 68.5 Å². The Balaban J connectivity index is 0.00000280. The van der Waals surface area contributed by atoms with Gasteiger partial charge < -0.3 is 15.0 Å². The van der Waals surface area contributed by atoms with Crippen molar-refractivity contribution in [2.75, 3.05) is 33.3 Å². The average Bonchev–Trinajstić information content (AvgIpc) is 3.23. The van der Waals surface area contributed by atoms with Crippen LogP contribution in [0.5, 0.6) is 5.75 Å². The van der Waals surface area contributed by atoms with E-state index in [1.54, 1.807) is 13.4 Å². The number of aromatic nitrogens is 3. The number of hydrogen-bond acceptors (Lipinski definition) is 4. The summed E-state index contributed by atoms with van der Waals surface area (Å²) in [6.07, 6.45) is 4.62. The minimum absolute atomic E-state index is 0. The molecule has 8 heteroatoms. The molecule has 0 radical (unpaired) electrons. The Morgan fingerprint density at radius 1 is 1.36 bits per heavy atom. The summed E-state index contributed by atoms with van der Waals surface area (Å²) >= 11 is 0. The van der Waals surface area contributed by atoms with Gasteiger partial charge in [-0.2, -0.15) is 5.10 Å². The third-order valence-electron chi connectivity index (χ3n) is 5.08. The number of aryl methyl sites for hydroxylation is 1. The highest BCUT2D eigenvalue weighted by Crippen LogP contribution is 2.25. The van der Waals surface area contributed by atoms with Gasteiger partial charge in [-0.25, -0.2) is 4.98 Å². The second kappa shape index (κ2) is 11.2. The molecule has 2 N–H and O–H groups in total. The summed E-state index contributed by atoms with van der Waals surface area (Å²) in [5, 5.41) is 10.4. The minimum Gasteiger partial charge on any atom is -0.496 e. The highest BCUT2D eigenvalue weighted by molar-refractivity contribution is 14.0. The molecule has 0 amide bonds. The third kappa shape index (κ3) is 5.83. The topological polar surface area (TPSA) is 78.4 Å². The largest absolute Gasteiger partial charge is 0.496 e. The van der Waals surface area contributed by atoms with Gasteiger partial charge in [-0.3, -0.25) is 10.1 Å². The van der Waals surface area contributed by atoms with Crippen molar-refractivity contribution >= 4 is 29.9 Å². The number of benzene rings is 1. The first-order valence-electron chi connectivity index (χ1n) is 9.73. The molecular weight excluding hydrogens is 467 g/mol. The van der Waals surface area contributed by atoms with E-state index in [1.807, 2.05) is 0 Å². The molecule has 7 nitrogen and oxygen atoms in total. The van der Waals surface area contributed by atoms with Crippen molar-refractivity contribution in [1.29, 1.82) is 0 Å². The van der Waals surface area contributed by atoms with Crippen LogP contribution in [0.2, 0.25) is 0 Å². The van der Waals surface area contributed by atoms with Gasteiger partial charge in [0.25, 0.3) is 0 Å². The van der Waals surface area contributed by atoms with Crippen molar-refractivity contribution in [2.24, 2.45) is 4.99 Å². The first-order valence-corrected chi connectivity index (χ1v) is 9.73. The Morgan fingerprint density at radius 3 is 2.79 bits per heavy atom. The summed E-state index contributed by atoms with van der Waals surface area (Å²) in [6, 6.07) is 6.38. The predicted octanol–water partition coefficient (Wildman–Crippen LogP) is 3.13. The standard InChI is InChI=1S/C20H30N6O.HI/c1-4-21-20(22-10-7-16-6-5-15(2)18(13-16)27-3)26-11-8-17(9-12-26)19-23-14-24-25-19;/h5-6,13-14,17H,4,7-12H2,1-3H3,(H,21,22)(H,23,24,25);1H. The predicted molar refractivity (Wildman–Crippen MR) is 123 cm³/mol. The number of ether oxygens (including phenoxy) is 1. The maximum atomic E-state index is 5.42. The molecule has 1 aromatic carbocycles. The monoisotopic (exact) mass is 498 g/mol. The molecule has 0 atom stereocenters. The van der Waals surface area contributed by atoms with E-state index in [9.17, 15) is 0 Å². The summed E-state index contributed by atoms with van der Waals surface area (Å²) in [6.45, 7) is 7.77. The van der Waals surface area contributed by atoms with Crippen molar-refractivity contribution in [3.8, 4) is 5.75 Å². The van der Waals surface area contributed by atoms with Crippen LogP contribution >= 0.6 is 24.0 Å². The second-order valence-corrected chi connectivity index (χ2v) is 6.92. The van der Waals surface area contributed by atoms with Gasteiger partial charge in [0.05, 0.1) is 7.11 Å². The second-order valence-electron chi connectivity index (χ2n) is 6.92. The molecule has 154 valence electrons. The van der Waals surface area contributed by atoms with Crippen LogP contribution in [0.15, 0.2) is 29.5 Å². The molecule has 0 aliphatic carbocycles. The van der Waals surface area contributed by atoms with E-state index in [2.05, 4.69) is 57.4 Å². The Bertz CT molecular complexity index is 741. The number of rotatable bonds is 6. The van der Waals surface area contributed by atoms with E-state index in [4.69, 9.17) is 9.73 Å². The SMILES string of the molecule is CCNC(=NCCc1ccc(C)c(OC)c1)N1CCC(c2ncn[nH]2)CC1.I. The molecule has 28 heavy (non-hydrogen) atoms. The Hall–Kier alpha value is -1.84. The lowest BCUT2D eigenvalue weighted by Gasteiger charge is -2.33. The van der Waals surface area contributed by atoms with Crippen LogP contribution in [0.4, 0.5) is 0 Å². The van der Waals surface area contributed by atoms with Crippen LogP contribution in [0.25, 0.3) is 0 Å². The van der Waals surface area contributed by atoms with Crippen LogP contribution in [0, 0.1) is 6.92 Å². The fraction of sp³-hybridized carbons (Fsp3) is 0.550. The molecule has 2 aromatic rings. The quantitative estimate of drug-likeness (QED) is 0.364. The number of nitrogens with one attached hydrogen (secondary N) is 2. The number of piperidine rings is 1. The molecule has 1 fully saturated rings. The Kier molecular flexibility index (Phi) is 9.01. The van der Waals surface area contributed by atoms with Crippen LogP contribution in [-0.2, 0) is 6.42 Å². The molecule has 0 unspecified atom stereocenters. The van der Waals surface area contributed by atoms with E-state index in [1.165, 1.54) is 5.56 Å². The van der Waals surface area contributed by atoms with E-state index in [0.29, 0.717) is 5.92 Å². The third-order valence-corrected chi connectivity index (χ3v) is 5.08. The van der Waals surface area contributed by atoms with E-state index < -0.39 is 0 Å². The number of guanidine groups is 1. The number of nitrogens with zero attached hydrogens (tertiary/aromatic N) is 4. The van der Waals surface area contributed by atoms with Gasteiger partial charge in [0.15, 0.2) is 5.96 Å². The molecule has 1 saturated heterocycles. The summed E-state index contributed by atoms with van der Waals surface area (Å²) < 4.78 is 5.42. The lowest BCUT2D eigenvalue weighted by Crippen LogP contribution is -2.45. The number of hydrogen-bond donors (Lipinski definition) is 2. The first kappa shape index (κ1) is 22.4. The number of aliphatic imine (C=N–C) groups is 1. The molecule has 1 aliphatic heterocycles. The highest BCUT2D eigenvalue weighted by Gasteiger charge is 2.24. The molecular formula is C20H31IN6O. The fourth-order valence-corrected chi connectivity index (χ4v) is 3.51. The van der Waals surface area contributed by atoms with Crippen molar-refractivity contribution in [1.82, 2.24) is 25.4 Å². The maximum Gasteiger partial charge on any atom is 0.193 e. The van der Waals surface area contributed by atoms with Gasteiger partial charge in [-0.1, -0.05) is 12.1 Å². The molecule has 0 saturated carbocycles. The maximum absolute atomic E-state index is 5.42. The van der Waals surface area contributed by atoms with Crippen molar-refractivity contribution in [3.63, 3.8) is 0 Å². The van der Waals surface area contributed by atoms with Crippen LogP contribution in [0.3, 0.4) is 0 Å². The molecule has 1 aromatic heterocycles. The Morgan fingerprint density at radius 2 is 2.14 bits per heavy atom. The van der Waals surface area contributed by atoms with Gasteiger partial charge >= 0.3 is 0 Å². The molecule has 1 aliphatic rings. The smallest absolute Gasteiger partial charge is 0.193 e. The zero-order valence-electron chi connectivity index (χ0n) is 16.9. The lowest BCUT2D eigenvalue weighted by molar-refractivity contribution is 0.299. The van der Waals surface area contributed by atoms with Gasteiger partial charge in [0.1, 0.15) is 17.9 Å². The zero-order chi connectivity index (χ0) is 19.1. The molecule has 0 spiro atoms. The summed E-state index contributed by atoms with van der Waals surface area (Å²) in [5.41, 5.74) is 2.41. The van der Waals surface area contributed by atoms with E-state index >= 15 is 0 Å². The van der Waals surface area contributed by atoms with Crippen LogP contribution in [0.1, 0.15) is 42.6 Å². The minimum atomic E-state index is 0. The van der Waals surface area contributed by atoms with Gasteiger partial charge in [-0.15, -0.1) is 24.0 Å². The van der Waals surface area contributed by atoms with E-state index in [-0.39, 0.29) is 24.0 Å². The van der Waals surface area contributed by atoms with Gasteiger partial charge in [0.2, 0.25) is 0 Å². The first-order chi connectivity index (χ1) is 13.2. The summed E-state index contributed by atoms with van der Waals surface area (Å²) in [4.78, 5) is 11.5. The number of aromatic amines is 1. The summed E-state index contributed by atoms with van der Waals surface area (Å²) in [7, 11) is 1.72. The number of halogens is 1.